The molecule has 2 aromatic carbocycles. The van der Waals surface area contributed by atoms with Gasteiger partial charge in [0.1, 0.15) is 0 Å². The summed E-state index contributed by atoms with van der Waals surface area (Å²) in [6, 6.07) is 20.0. The van der Waals surface area contributed by atoms with Gasteiger partial charge in [-0.05, 0) is 18.4 Å². The Morgan fingerprint density at radius 3 is 2.48 bits per heavy atom. The zero-order valence-electron chi connectivity index (χ0n) is 15.6. The highest BCUT2D eigenvalue weighted by molar-refractivity contribution is 5.75. The normalized spacial score (nSPS) is 11.9. The molecule has 1 heterocycles. The van der Waals surface area contributed by atoms with Crippen LogP contribution in [0.2, 0.25) is 0 Å². The second kappa shape index (κ2) is 9.67. The number of benzene rings is 2. The molecule has 5 heteroatoms. The summed E-state index contributed by atoms with van der Waals surface area (Å²) in [7, 11) is 0. The molecule has 0 aliphatic carbocycles. The van der Waals surface area contributed by atoms with Crippen LogP contribution in [0.1, 0.15) is 43.6 Å². The Morgan fingerprint density at radius 1 is 1.07 bits per heavy atom. The molecule has 1 amide bonds. The van der Waals surface area contributed by atoms with Crippen LogP contribution in [0.15, 0.2) is 65.2 Å². The van der Waals surface area contributed by atoms with Crippen LogP contribution >= 0.6 is 0 Å². The average molecular weight is 363 g/mol. The summed E-state index contributed by atoms with van der Waals surface area (Å²) in [5.74, 6) is 1.56. The van der Waals surface area contributed by atoms with Crippen molar-refractivity contribution in [3.63, 3.8) is 0 Å². The molecule has 1 N–H and O–H groups in total. The van der Waals surface area contributed by atoms with Crippen LogP contribution in [-0.4, -0.2) is 22.6 Å². The highest BCUT2D eigenvalue weighted by Crippen LogP contribution is 2.18. The van der Waals surface area contributed by atoms with Gasteiger partial charge in [-0.3, -0.25) is 4.79 Å². The monoisotopic (exact) mass is 363 g/mol. The highest BCUT2D eigenvalue weighted by Gasteiger charge is 2.12. The molecule has 27 heavy (non-hydrogen) atoms. The third-order valence-electron chi connectivity index (χ3n) is 4.60. The van der Waals surface area contributed by atoms with E-state index in [2.05, 4.69) is 34.5 Å². The second-order valence-electron chi connectivity index (χ2n) is 6.55. The quantitative estimate of drug-likeness (QED) is 0.613. The molecule has 1 aromatic heterocycles. The molecule has 1 unspecified atom stereocenters. The predicted octanol–water partition coefficient (Wildman–Crippen LogP) is 4.37. The van der Waals surface area contributed by atoms with Crippen LogP contribution in [0.4, 0.5) is 0 Å². The summed E-state index contributed by atoms with van der Waals surface area (Å²) in [5, 5.41) is 7.05. The lowest BCUT2D eigenvalue weighted by Crippen LogP contribution is -2.28. The van der Waals surface area contributed by atoms with Gasteiger partial charge in [0.25, 0.3) is 0 Å². The summed E-state index contributed by atoms with van der Waals surface area (Å²) in [6.45, 7) is 2.81. The van der Waals surface area contributed by atoms with Gasteiger partial charge >= 0.3 is 0 Å². The molecule has 0 aliphatic rings. The number of aryl methyl sites for hydroxylation is 1. The summed E-state index contributed by atoms with van der Waals surface area (Å²) >= 11 is 0. The lowest BCUT2D eigenvalue weighted by Gasteiger charge is -2.16. The number of carbonyl (C=O) groups is 1. The summed E-state index contributed by atoms with van der Waals surface area (Å²) in [6.07, 6.45) is 2.73. The number of rotatable bonds is 9. The molecule has 0 fully saturated rings. The van der Waals surface area contributed by atoms with E-state index in [0.717, 1.165) is 12.0 Å². The van der Waals surface area contributed by atoms with E-state index in [4.69, 9.17) is 4.52 Å². The van der Waals surface area contributed by atoms with Crippen molar-refractivity contribution in [2.45, 2.75) is 38.5 Å². The van der Waals surface area contributed by atoms with Gasteiger partial charge in [-0.2, -0.15) is 4.98 Å². The Labute approximate surface area is 159 Å². The van der Waals surface area contributed by atoms with E-state index in [1.165, 1.54) is 5.56 Å². The first-order valence-corrected chi connectivity index (χ1v) is 9.46. The van der Waals surface area contributed by atoms with Crippen LogP contribution in [0, 0.1) is 0 Å². The molecular weight excluding hydrogens is 338 g/mol. The van der Waals surface area contributed by atoms with Crippen LogP contribution in [0.5, 0.6) is 0 Å². The molecule has 1 atom stereocenters. The van der Waals surface area contributed by atoms with Crippen molar-refractivity contribution in [1.82, 2.24) is 15.5 Å². The molecule has 0 bridgehead atoms. The topological polar surface area (TPSA) is 68.0 Å². The maximum Gasteiger partial charge on any atom is 0.226 e. The van der Waals surface area contributed by atoms with Gasteiger partial charge < -0.3 is 9.84 Å². The fourth-order valence-electron chi connectivity index (χ4n) is 3.01. The van der Waals surface area contributed by atoms with E-state index >= 15 is 0 Å². The maximum atomic E-state index is 12.1. The van der Waals surface area contributed by atoms with E-state index in [-0.39, 0.29) is 5.91 Å². The Bertz CT molecular complexity index is 831. The zero-order valence-corrected chi connectivity index (χ0v) is 15.6. The first kappa shape index (κ1) is 18.8. The number of nitrogens with one attached hydrogen (secondary N) is 1. The third-order valence-corrected chi connectivity index (χ3v) is 4.60. The Morgan fingerprint density at radius 2 is 1.78 bits per heavy atom. The number of carbonyl (C=O) groups excluding carboxylic acids is 1. The molecule has 0 saturated carbocycles. The smallest absolute Gasteiger partial charge is 0.226 e. The Hall–Kier alpha value is -2.95. The number of hydrogen-bond acceptors (Lipinski definition) is 4. The van der Waals surface area contributed by atoms with Gasteiger partial charge in [-0.25, -0.2) is 0 Å². The predicted molar refractivity (Wildman–Crippen MR) is 105 cm³/mol. The first-order chi connectivity index (χ1) is 13.3. The molecule has 0 spiro atoms. The van der Waals surface area contributed by atoms with Crippen molar-refractivity contribution in [3.8, 4) is 11.4 Å². The highest BCUT2D eigenvalue weighted by atomic mass is 16.5. The van der Waals surface area contributed by atoms with Crippen molar-refractivity contribution in [2.24, 2.45) is 0 Å². The minimum atomic E-state index is 0.0622. The van der Waals surface area contributed by atoms with Crippen LogP contribution < -0.4 is 5.32 Å². The van der Waals surface area contributed by atoms with E-state index in [1.54, 1.807) is 0 Å². The molecule has 140 valence electrons. The fourth-order valence-corrected chi connectivity index (χ4v) is 3.01. The molecular formula is C22H25N3O2. The lowest BCUT2D eigenvalue weighted by atomic mass is 9.96. The van der Waals surface area contributed by atoms with Gasteiger partial charge in [0, 0.05) is 30.9 Å². The van der Waals surface area contributed by atoms with Gasteiger partial charge in [-0.15, -0.1) is 0 Å². The fraction of sp³-hybridized carbons (Fsp3) is 0.318. The molecule has 0 radical (unpaired) electrons. The maximum absolute atomic E-state index is 12.1. The molecule has 0 aliphatic heterocycles. The van der Waals surface area contributed by atoms with Crippen molar-refractivity contribution in [3.05, 3.63) is 72.1 Å². The van der Waals surface area contributed by atoms with Gasteiger partial charge in [0.2, 0.25) is 17.6 Å². The van der Waals surface area contributed by atoms with E-state index in [0.29, 0.717) is 43.4 Å². The van der Waals surface area contributed by atoms with Crippen molar-refractivity contribution >= 4 is 5.91 Å². The van der Waals surface area contributed by atoms with Crippen molar-refractivity contribution in [2.75, 3.05) is 6.54 Å². The molecule has 3 aromatic rings. The third kappa shape index (κ3) is 5.51. The van der Waals surface area contributed by atoms with E-state index in [1.807, 2.05) is 48.5 Å². The van der Waals surface area contributed by atoms with Crippen molar-refractivity contribution < 1.29 is 9.32 Å². The van der Waals surface area contributed by atoms with Crippen LogP contribution in [0.3, 0.4) is 0 Å². The minimum Gasteiger partial charge on any atom is -0.355 e. The largest absolute Gasteiger partial charge is 0.355 e. The average Bonchev–Trinajstić information content (AvgIpc) is 3.19. The number of amides is 1. The summed E-state index contributed by atoms with van der Waals surface area (Å²) < 4.78 is 5.28. The summed E-state index contributed by atoms with van der Waals surface area (Å²) in [4.78, 5) is 16.5. The Kier molecular flexibility index (Phi) is 6.74. The van der Waals surface area contributed by atoms with Gasteiger partial charge in [-0.1, -0.05) is 72.7 Å². The first-order valence-electron chi connectivity index (χ1n) is 9.46. The van der Waals surface area contributed by atoms with Gasteiger partial charge in [0.15, 0.2) is 0 Å². The second-order valence-corrected chi connectivity index (χ2v) is 6.55. The lowest BCUT2D eigenvalue weighted by molar-refractivity contribution is -0.121. The van der Waals surface area contributed by atoms with Crippen LogP contribution in [0.25, 0.3) is 11.4 Å². The molecule has 5 nitrogen and oxygen atoms in total. The van der Waals surface area contributed by atoms with E-state index in [9.17, 15) is 4.79 Å². The molecule has 0 saturated heterocycles. The Balaban J connectivity index is 1.41. The van der Waals surface area contributed by atoms with Gasteiger partial charge in [0.05, 0.1) is 0 Å². The van der Waals surface area contributed by atoms with Crippen LogP contribution in [-0.2, 0) is 11.2 Å². The molecule has 3 rings (SSSR count). The van der Waals surface area contributed by atoms with Crippen molar-refractivity contribution in [1.29, 1.82) is 0 Å². The number of aromatic nitrogens is 2. The zero-order chi connectivity index (χ0) is 18.9. The number of nitrogens with zero attached hydrogens (tertiary/aromatic N) is 2. The number of hydrogen-bond donors (Lipinski definition) is 1. The minimum absolute atomic E-state index is 0.0622. The standard InChI is InChI=1S/C22H25N3O2/c1-2-17(18-10-5-3-6-11-18)16-23-20(26)14-9-15-21-24-22(25-27-21)19-12-7-4-8-13-19/h3-8,10-13,17H,2,9,14-16H2,1H3,(H,23,26). The SMILES string of the molecule is CCC(CNC(=O)CCCc1nc(-c2ccccc2)no1)c1ccccc1. The van der Waals surface area contributed by atoms with E-state index < -0.39 is 0 Å². The summed E-state index contributed by atoms with van der Waals surface area (Å²) in [5.41, 5.74) is 2.19.